The molecule has 2 aliphatic carbocycles. The number of carbonyl (C=O) groups is 1. The van der Waals surface area contributed by atoms with Gasteiger partial charge in [-0.15, -0.1) is 0 Å². The van der Waals surface area contributed by atoms with Gasteiger partial charge in [0.2, 0.25) is 5.88 Å². The second-order valence-corrected chi connectivity index (χ2v) is 11.3. The molecule has 0 unspecified atom stereocenters. The second-order valence-electron chi connectivity index (χ2n) is 10.3. The van der Waals surface area contributed by atoms with Gasteiger partial charge in [0, 0.05) is 34.8 Å². The van der Waals surface area contributed by atoms with E-state index in [0.717, 1.165) is 69.8 Å². The number of nitrogens with one attached hydrogen (secondary N) is 2. The molecule has 2 saturated carbocycles. The van der Waals surface area contributed by atoms with Crippen molar-refractivity contribution >= 4 is 40.8 Å². The zero-order chi connectivity index (χ0) is 28.1. The number of nitrogens with zero attached hydrogens (tertiary/aromatic N) is 7. The van der Waals surface area contributed by atoms with Crippen LogP contribution in [0.4, 0.5) is 5.82 Å². The van der Waals surface area contributed by atoms with Crippen LogP contribution in [-0.4, -0.2) is 57.7 Å². The molecule has 0 aliphatic heterocycles. The van der Waals surface area contributed by atoms with Crippen LogP contribution in [-0.2, 0) is 0 Å². The quantitative estimate of drug-likeness (QED) is 0.277. The number of thiazole rings is 1. The fraction of sp³-hybridized carbons (Fsp3) is 0.370. The summed E-state index contributed by atoms with van der Waals surface area (Å²) in [6.07, 6.45) is 7.20. The molecule has 5 aromatic rings. The summed E-state index contributed by atoms with van der Waals surface area (Å²) >= 11 is 0.954. The minimum atomic E-state index is -0.295. The van der Waals surface area contributed by atoms with Crippen LogP contribution in [0.2, 0.25) is 0 Å². The largest absolute Gasteiger partial charge is 0.493 e. The molecule has 0 aromatic carbocycles. The van der Waals surface area contributed by atoms with E-state index in [-0.39, 0.29) is 10.8 Å². The van der Waals surface area contributed by atoms with Gasteiger partial charge in [0.15, 0.2) is 23.1 Å². The lowest BCUT2D eigenvalue weighted by atomic mass is 10.3. The van der Waals surface area contributed by atoms with Crippen molar-refractivity contribution in [3.8, 4) is 5.88 Å². The lowest BCUT2D eigenvalue weighted by molar-refractivity contribution is 0.112. The van der Waals surface area contributed by atoms with Crippen LogP contribution in [0.15, 0.2) is 21.9 Å². The Morgan fingerprint density at radius 1 is 1.02 bits per heavy atom. The van der Waals surface area contributed by atoms with Crippen LogP contribution >= 0.6 is 11.3 Å². The Morgan fingerprint density at radius 3 is 2.38 bits per heavy atom. The highest BCUT2D eigenvalue weighted by molar-refractivity contribution is 7.10. The van der Waals surface area contributed by atoms with Crippen molar-refractivity contribution in [3.05, 3.63) is 65.7 Å². The summed E-state index contributed by atoms with van der Waals surface area (Å²) in [5.41, 5.74) is 5.94. The Kier molecular flexibility index (Phi) is 6.45. The third-order valence-corrected chi connectivity index (χ3v) is 7.52. The smallest absolute Gasteiger partial charge is 0.307 e. The molecular weight excluding hydrogens is 530 g/mol. The molecule has 12 nitrogen and oxygen atoms in total. The monoisotopic (exact) mass is 559 g/mol. The first-order valence-corrected chi connectivity index (χ1v) is 13.9. The normalized spacial score (nSPS) is 16.0. The SMILES string of the molecule is Cc1cc(=NC2CC2)n2nc(C)c(=Cc3sc(=O)[nH]c3O)c2n1.Cc1cc(NC2CC2)n2nc(C)c(C=O)c2n1. The Hall–Kier alpha value is -4.39. The predicted octanol–water partition coefficient (Wildman–Crippen LogP) is 2.15. The number of aromatic nitrogens is 7. The minimum absolute atomic E-state index is 0.130. The van der Waals surface area contributed by atoms with E-state index in [1.165, 1.54) is 12.8 Å². The van der Waals surface area contributed by atoms with E-state index in [9.17, 15) is 14.7 Å². The minimum Gasteiger partial charge on any atom is -0.493 e. The highest BCUT2D eigenvalue weighted by Crippen LogP contribution is 2.26. The van der Waals surface area contributed by atoms with Crippen LogP contribution in [0.3, 0.4) is 0 Å². The molecule has 3 N–H and O–H groups in total. The number of hydrogen-bond acceptors (Lipinski definition) is 10. The van der Waals surface area contributed by atoms with Gasteiger partial charge >= 0.3 is 4.87 Å². The molecule has 2 fully saturated rings. The summed E-state index contributed by atoms with van der Waals surface area (Å²) < 4.78 is 3.46. The molecular formula is C27H29N9O3S. The van der Waals surface area contributed by atoms with Gasteiger partial charge in [-0.3, -0.25) is 19.6 Å². The molecule has 0 saturated heterocycles. The first-order chi connectivity index (χ1) is 19.2. The summed E-state index contributed by atoms with van der Waals surface area (Å²) in [5, 5.41) is 22.9. The number of aldehydes is 1. The van der Waals surface area contributed by atoms with E-state index in [2.05, 4.69) is 35.5 Å². The number of aromatic hydroxyl groups is 1. The number of anilines is 1. The predicted molar refractivity (Wildman–Crippen MR) is 151 cm³/mol. The maximum Gasteiger partial charge on any atom is 0.307 e. The number of H-pyrrole nitrogens is 1. The molecule has 7 rings (SSSR count). The van der Waals surface area contributed by atoms with Gasteiger partial charge in [-0.05, 0) is 59.5 Å². The number of carbonyl (C=O) groups excluding carboxylic acids is 1. The van der Waals surface area contributed by atoms with Crippen LogP contribution in [0, 0.1) is 27.7 Å². The summed E-state index contributed by atoms with van der Waals surface area (Å²) in [7, 11) is 0. The van der Waals surface area contributed by atoms with Gasteiger partial charge in [-0.1, -0.05) is 11.3 Å². The number of fused-ring (bicyclic) bond motifs is 2. The maximum absolute atomic E-state index is 11.4. The molecule has 0 amide bonds. The number of aromatic amines is 1. The zero-order valence-corrected chi connectivity index (χ0v) is 23.4. The molecule has 40 heavy (non-hydrogen) atoms. The molecule has 2 aliphatic rings. The summed E-state index contributed by atoms with van der Waals surface area (Å²) in [4.78, 5) is 38.6. The molecule has 0 atom stereocenters. The van der Waals surface area contributed by atoms with Gasteiger partial charge in [0.1, 0.15) is 5.82 Å². The Balaban J connectivity index is 0.000000151. The average Bonchev–Trinajstić information content (AvgIpc) is 3.80. The molecule has 0 bridgehead atoms. The van der Waals surface area contributed by atoms with Crippen molar-refractivity contribution in [2.75, 3.05) is 5.32 Å². The Bertz CT molecular complexity index is 1960. The van der Waals surface area contributed by atoms with E-state index in [4.69, 9.17) is 0 Å². The standard InChI is InChI=1S/C15H15N5O2S.C12H14N4O/c1-7-5-12(17-9-3-4-9)20-13(16-7)10(8(2)19-20)6-11-14(21)18-15(22)23-11;1-7-5-11(14-9-3-4-9)16-12(13-7)10(6-17)8(2)15-16/h5-6,9,21H,3-4H2,1-2H3,(H,18,22);5-6,9,14H,3-4H2,1-2H3. The van der Waals surface area contributed by atoms with E-state index in [1.54, 1.807) is 15.1 Å². The van der Waals surface area contributed by atoms with Crippen LogP contribution in [0.5, 0.6) is 5.88 Å². The highest BCUT2D eigenvalue weighted by atomic mass is 32.1. The first kappa shape index (κ1) is 25.9. The summed E-state index contributed by atoms with van der Waals surface area (Å²) in [5.74, 6) is 0.792. The van der Waals surface area contributed by atoms with E-state index >= 15 is 0 Å². The van der Waals surface area contributed by atoms with Crippen molar-refractivity contribution in [2.45, 2.75) is 65.5 Å². The fourth-order valence-electron chi connectivity index (χ4n) is 4.39. The van der Waals surface area contributed by atoms with Crippen LogP contribution in [0.25, 0.3) is 17.4 Å². The van der Waals surface area contributed by atoms with Gasteiger partial charge < -0.3 is 10.4 Å². The number of rotatable bonds is 5. The highest BCUT2D eigenvalue weighted by Gasteiger charge is 2.23. The molecule has 5 aromatic heterocycles. The molecule has 206 valence electrons. The van der Waals surface area contributed by atoms with Gasteiger partial charge in [0.25, 0.3) is 0 Å². The van der Waals surface area contributed by atoms with Crippen molar-refractivity contribution in [3.63, 3.8) is 0 Å². The van der Waals surface area contributed by atoms with Crippen molar-refractivity contribution in [1.29, 1.82) is 0 Å². The third-order valence-electron chi connectivity index (χ3n) is 6.70. The van der Waals surface area contributed by atoms with Crippen molar-refractivity contribution < 1.29 is 9.90 Å². The van der Waals surface area contributed by atoms with Crippen LogP contribution < -0.4 is 20.9 Å². The molecule has 13 heteroatoms. The Morgan fingerprint density at radius 2 is 1.73 bits per heavy atom. The van der Waals surface area contributed by atoms with Crippen LogP contribution in [0.1, 0.15) is 63.7 Å². The topological polar surface area (TPSA) is 155 Å². The molecule has 0 radical (unpaired) electrons. The van der Waals surface area contributed by atoms with E-state index < -0.39 is 0 Å². The van der Waals surface area contributed by atoms with E-state index in [1.807, 2.05) is 39.8 Å². The van der Waals surface area contributed by atoms with Crippen molar-refractivity contribution in [1.82, 2.24) is 34.2 Å². The third kappa shape index (κ3) is 5.11. The Labute approximate surface area is 232 Å². The summed E-state index contributed by atoms with van der Waals surface area (Å²) in [6.45, 7) is 7.55. The zero-order valence-electron chi connectivity index (χ0n) is 22.6. The maximum atomic E-state index is 11.4. The lowest BCUT2D eigenvalue weighted by Gasteiger charge is -2.07. The lowest BCUT2D eigenvalue weighted by Crippen LogP contribution is -2.19. The van der Waals surface area contributed by atoms with Crippen molar-refractivity contribution in [2.24, 2.45) is 4.99 Å². The number of aryl methyl sites for hydroxylation is 4. The average molecular weight is 560 g/mol. The fourth-order valence-corrected chi connectivity index (χ4v) is 5.06. The first-order valence-electron chi connectivity index (χ1n) is 13.1. The summed E-state index contributed by atoms with van der Waals surface area (Å²) in [6, 6.07) is 4.82. The van der Waals surface area contributed by atoms with Gasteiger partial charge in [-0.2, -0.15) is 19.2 Å². The van der Waals surface area contributed by atoms with E-state index in [0.29, 0.717) is 33.8 Å². The second kappa shape index (κ2) is 9.97. The number of hydrogen-bond donors (Lipinski definition) is 3. The van der Waals surface area contributed by atoms with Gasteiger partial charge in [0.05, 0.1) is 27.9 Å². The molecule has 5 heterocycles. The molecule has 0 spiro atoms. The van der Waals surface area contributed by atoms with Gasteiger partial charge in [-0.25, -0.2) is 9.97 Å².